The van der Waals surface area contributed by atoms with E-state index >= 15 is 0 Å². The van der Waals surface area contributed by atoms with Crippen LogP contribution in [0.15, 0.2) is 17.2 Å². The van der Waals surface area contributed by atoms with E-state index in [9.17, 15) is 4.79 Å². The Morgan fingerprint density at radius 2 is 2.19 bits per heavy atom. The van der Waals surface area contributed by atoms with Crippen LogP contribution >= 0.6 is 11.8 Å². The first-order chi connectivity index (χ1) is 7.52. The van der Waals surface area contributed by atoms with E-state index in [0.29, 0.717) is 11.5 Å². The third-order valence-electron chi connectivity index (χ3n) is 2.03. The van der Waals surface area contributed by atoms with Crippen molar-refractivity contribution >= 4 is 17.7 Å². The number of aromatic carboxylic acids is 1. The molecule has 0 aliphatic rings. The number of hydrogen-bond donors (Lipinski definition) is 1. The molecule has 0 aliphatic heterocycles. The van der Waals surface area contributed by atoms with E-state index in [1.807, 2.05) is 6.92 Å². The lowest BCUT2D eigenvalue weighted by molar-refractivity contribution is 0.0696. The van der Waals surface area contributed by atoms with Gasteiger partial charge in [0.25, 0.3) is 0 Å². The van der Waals surface area contributed by atoms with Gasteiger partial charge in [-0.15, -0.1) is 11.8 Å². The summed E-state index contributed by atoms with van der Waals surface area (Å²) < 4.78 is 0. The fourth-order valence-corrected chi connectivity index (χ4v) is 2.09. The number of aryl methyl sites for hydroxylation is 1. The van der Waals surface area contributed by atoms with Crippen LogP contribution in [0, 0.1) is 5.92 Å². The fraction of sp³-hybridized carbons (Fsp3) is 0.500. The lowest BCUT2D eigenvalue weighted by Gasteiger charge is -2.06. The van der Waals surface area contributed by atoms with Crippen molar-refractivity contribution in [1.82, 2.24) is 4.98 Å². The molecular weight excluding hydrogens is 222 g/mol. The average Bonchev–Trinajstić information content (AvgIpc) is 2.25. The Balaban J connectivity index is 2.90. The molecule has 1 rings (SSSR count). The molecule has 3 nitrogen and oxygen atoms in total. The number of rotatable bonds is 5. The minimum atomic E-state index is -0.886. The first kappa shape index (κ1) is 13.0. The van der Waals surface area contributed by atoms with Crippen molar-refractivity contribution in [3.63, 3.8) is 0 Å². The van der Waals surface area contributed by atoms with Crippen molar-refractivity contribution in [2.45, 2.75) is 32.2 Å². The highest BCUT2D eigenvalue weighted by molar-refractivity contribution is 7.99. The third kappa shape index (κ3) is 3.85. The van der Waals surface area contributed by atoms with E-state index in [4.69, 9.17) is 5.11 Å². The molecule has 1 aromatic rings. The average molecular weight is 239 g/mol. The Morgan fingerprint density at radius 1 is 1.50 bits per heavy atom. The first-order valence-electron chi connectivity index (χ1n) is 5.40. The van der Waals surface area contributed by atoms with Crippen molar-refractivity contribution in [1.29, 1.82) is 0 Å². The van der Waals surface area contributed by atoms with Crippen LogP contribution in [0.25, 0.3) is 0 Å². The van der Waals surface area contributed by atoms with Crippen LogP contribution in [0.3, 0.4) is 0 Å². The van der Waals surface area contributed by atoms with Gasteiger partial charge in [0.1, 0.15) is 0 Å². The standard InChI is InChI=1S/C12H17NO2S/c1-4-10-5-9(12(14)15)6-11(13-10)16-7-8(2)3/h5-6,8H,4,7H2,1-3H3,(H,14,15). The van der Waals surface area contributed by atoms with Gasteiger partial charge in [0.2, 0.25) is 0 Å². The minimum Gasteiger partial charge on any atom is -0.478 e. The summed E-state index contributed by atoms with van der Waals surface area (Å²) in [5, 5.41) is 9.78. The molecule has 16 heavy (non-hydrogen) atoms. The number of thioether (sulfide) groups is 1. The van der Waals surface area contributed by atoms with E-state index in [2.05, 4.69) is 18.8 Å². The van der Waals surface area contributed by atoms with Gasteiger partial charge >= 0.3 is 5.97 Å². The van der Waals surface area contributed by atoms with E-state index in [0.717, 1.165) is 22.9 Å². The molecule has 0 aromatic carbocycles. The Hall–Kier alpha value is -1.03. The van der Waals surface area contributed by atoms with Gasteiger partial charge in [-0.05, 0) is 24.5 Å². The van der Waals surface area contributed by atoms with Gasteiger partial charge < -0.3 is 5.11 Å². The normalized spacial score (nSPS) is 10.8. The van der Waals surface area contributed by atoms with Crippen LogP contribution in [0.2, 0.25) is 0 Å². The van der Waals surface area contributed by atoms with Crippen LogP contribution in [0.5, 0.6) is 0 Å². The first-order valence-corrected chi connectivity index (χ1v) is 6.38. The van der Waals surface area contributed by atoms with E-state index < -0.39 is 5.97 Å². The zero-order chi connectivity index (χ0) is 12.1. The van der Waals surface area contributed by atoms with Crippen LogP contribution < -0.4 is 0 Å². The van der Waals surface area contributed by atoms with Crippen LogP contribution in [-0.2, 0) is 6.42 Å². The van der Waals surface area contributed by atoms with Gasteiger partial charge in [-0.25, -0.2) is 9.78 Å². The molecule has 0 saturated carbocycles. The largest absolute Gasteiger partial charge is 0.478 e. The topological polar surface area (TPSA) is 50.2 Å². The van der Waals surface area contributed by atoms with Gasteiger partial charge in [0.15, 0.2) is 0 Å². The molecular formula is C12H17NO2S. The number of aromatic nitrogens is 1. The molecule has 0 spiro atoms. The second-order valence-electron chi connectivity index (χ2n) is 4.05. The molecule has 0 amide bonds. The molecule has 88 valence electrons. The number of carboxylic acids is 1. The number of carboxylic acid groups (broad SMARTS) is 1. The summed E-state index contributed by atoms with van der Waals surface area (Å²) in [7, 11) is 0. The second-order valence-corrected chi connectivity index (χ2v) is 5.09. The van der Waals surface area contributed by atoms with Crippen molar-refractivity contribution in [2.75, 3.05) is 5.75 Å². The highest BCUT2D eigenvalue weighted by Crippen LogP contribution is 2.20. The van der Waals surface area contributed by atoms with Crippen molar-refractivity contribution in [3.05, 3.63) is 23.4 Å². The van der Waals surface area contributed by atoms with Gasteiger partial charge in [0, 0.05) is 11.4 Å². The monoisotopic (exact) mass is 239 g/mol. The maximum Gasteiger partial charge on any atom is 0.335 e. The van der Waals surface area contributed by atoms with Crippen molar-refractivity contribution < 1.29 is 9.90 Å². The SMILES string of the molecule is CCc1cc(C(=O)O)cc(SCC(C)C)n1. The number of nitrogens with zero attached hydrogens (tertiary/aromatic N) is 1. The summed E-state index contributed by atoms with van der Waals surface area (Å²) in [6, 6.07) is 3.29. The van der Waals surface area contributed by atoms with Crippen LogP contribution in [-0.4, -0.2) is 21.8 Å². The molecule has 0 radical (unpaired) electrons. The highest BCUT2D eigenvalue weighted by atomic mass is 32.2. The minimum absolute atomic E-state index is 0.332. The second kappa shape index (κ2) is 5.89. The van der Waals surface area contributed by atoms with E-state index in [1.165, 1.54) is 0 Å². The van der Waals surface area contributed by atoms with Gasteiger partial charge in [-0.1, -0.05) is 20.8 Å². The number of carbonyl (C=O) groups is 1. The fourth-order valence-electron chi connectivity index (χ4n) is 1.19. The molecule has 0 fully saturated rings. The zero-order valence-electron chi connectivity index (χ0n) is 9.86. The summed E-state index contributed by atoms with van der Waals surface area (Å²) in [4.78, 5) is 15.3. The summed E-state index contributed by atoms with van der Waals surface area (Å²) in [5.41, 5.74) is 1.17. The predicted octanol–water partition coefficient (Wildman–Crippen LogP) is 3.09. The van der Waals surface area contributed by atoms with Crippen LogP contribution in [0.1, 0.15) is 36.8 Å². The lowest BCUT2D eigenvalue weighted by Crippen LogP contribution is -2.01. The lowest BCUT2D eigenvalue weighted by atomic mass is 10.2. The molecule has 0 saturated heterocycles. The van der Waals surface area contributed by atoms with Gasteiger partial charge in [-0.3, -0.25) is 0 Å². The highest BCUT2D eigenvalue weighted by Gasteiger charge is 2.08. The third-order valence-corrected chi connectivity index (χ3v) is 3.37. The van der Waals surface area contributed by atoms with Gasteiger partial charge in [-0.2, -0.15) is 0 Å². The molecule has 1 aromatic heterocycles. The predicted molar refractivity (Wildman–Crippen MR) is 66.1 cm³/mol. The number of pyridine rings is 1. The molecule has 0 atom stereocenters. The molecule has 4 heteroatoms. The summed E-state index contributed by atoms with van der Waals surface area (Å²) in [6.45, 7) is 6.24. The Labute approximate surface area is 100 Å². The molecule has 1 heterocycles. The Kier molecular flexibility index (Phi) is 4.80. The van der Waals surface area contributed by atoms with Crippen molar-refractivity contribution in [2.24, 2.45) is 5.92 Å². The molecule has 1 N–H and O–H groups in total. The van der Waals surface area contributed by atoms with E-state index in [1.54, 1.807) is 23.9 Å². The summed E-state index contributed by atoms with van der Waals surface area (Å²) in [6.07, 6.45) is 0.760. The molecule has 0 bridgehead atoms. The Morgan fingerprint density at radius 3 is 2.69 bits per heavy atom. The van der Waals surface area contributed by atoms with Crippen LogP contribution in [0.4, 0.5) is 0 Å². The quantitative estimate of drug-likeness (QED) is 0.802. The number of hydrogen-bond acceptors (Lipinski definition) is 3. The summed E-state index contributed by atoms with van der Waals surface area (Å²) >= 11 is 1.62. The maximum atomic E-state index is 10.9. The maximum absolute atomic E-state index is 10.9. The zero-order valence-corrected chi connectivity index (χ0v) is 10.7. The summed E-state index contributed by atoms with van der Waals surface area (Å²) in [5.74, 6) is 0.646. The molecule has 0 aliphatic carbocycles. The Bertz CT molecular complexity index is 377. The van der Waals surface area contributed by atoms with Gasteiger partial charge in [0.05, 0.1) is 10.6 Å². The van der Waals surface area contributed by atoms with Crippen molar-refractivity contribution in [3.8, 4) is 0 Å². The molecule has 0 unspecified atom stereocenters. The smallest absolute Gasteiger partial charge is 0.335 e. The van der Waals surface area contributed by atoms with E-state index in [-0.39, 0.29) is 0 Å².